The Balaban J connectivity index is 1.79. The molecule has 0 aliphatic rings. The van der Waals surface area contributed by atoms with Crippen LogP contribution in [0.5, 0.6) is 17.2 Å². The molecule has 6 heteroatoms. The summed E-state index contributed by atoms with van der Waals surface area (Å²) in [6.07, 6.45) is 3.21. The molecule has 0 heterocycles. The summed E-state index contributed by atoms with van der Waals surface area (Å²) in [4.78, 5) is 11.9. The van der Waals surface area contributed by atoms with Crippen LogP contribution >= 0.6 is 15.9 Å². The fraction of sp³-hybridized carbons (Fsp3) is 0.250. The number of hydrogen-bond acceptors (Lipinski definition) is 4. The first kappa shape index (κ1) is 19.8. The molecule has 0 aromatic heterocycles. The van der Waals surface area contributed by atoms with E-state index < -0.39 is 0 Å². The minimum Gasteiger partial charge on any atom is -0.493 e. The van der Waals surface area contributed by atoms with Crippen LogP contribution in [0.4, 0.5) is 0 Å². The minimum atomic E-state index is -0.185. The van der Waals surface area contributed by atoms with Crippen LogP contribution in [0, 0.1) is 0 Å². The van der Waals surface area contributed by atoms with Crippen LogP contribution < -0.4 is 19.5 Å². The molecule has 0 fully saturated rings. The van der Waals surface area contributed by atoms with Crippen molar-refractivity contribution in [2.75, 3.05) is 26.9 Å². The monoisotopic (exact) mass is 419 g/mol. The summed E-state index contributed by atoms with van der Waals surface area (Å²) in [5.41, 5.74) is 0.853. The lowest BCUT2D eigenvalue weighted by Crippen LogP contribution is -2.26. The van der Waals surface area contributed by atoms with Gasteiger partial charge in [-0.3, -0.25) is 4.79 Å². The predicted octanol–water partition coefficient (Wildman–Crippen LogP) is 4.06. The van der Waals surface area contributed by atoms with Crippen LogP contribution in [0.1, 0.15) is 12.5 Å². The number of rotatable bonds is 9. The summed E-state index contributed by atoms with van der Waals surface area (Å²) in [7, 11) is 1.59. The van der Waals surface area contributed by atoms with E-state index in [9.17, 15) is 4.79 Å². The smallest absolute Gasteiger partial charge is 0.244 e. The van der Waals surface area contributed by atoms with E-state index in [1.165, 1.54) is 6.08 Å². The molecule has 2 rings (SSSR count). The molecule has 26 heavy (non-hydrogen) atoms. The third-order valence-corrected chi connectivity index (χ3v) is 3.87. The maximum atomic E-state index is 11.9. The second kappa shape index (κ2) is 10.5. The molecule has 0 bridgehead atoms. The molecular weight excluding hydrogens is 398 g/mol. The minimum absolute atomic E-state index is 0.185. The number of carbonyl (C=O) groups excluding carboxylic acids is 1. The van der Waals surface area contributed by atoms with Crippen molar-refractivity contribution >= 4 is 27.9 Å². The van der Waals surface area contributed by atoms with E-state index in [0.29, 0.717) is 31.3 Å². The average molecular weight is 420 g/mol. The van der Waals surface area contributed by atoms with Gasteiger partial charge >= 0.3 is 0 Å². The van der Waals surface area contributed by atoms with Gasteiger partial charge in [0.25, 0.3) is 0 Å². The van der Waals surface area contributed by atoms with Gasteiger partial charge in [-0.2, -0.15) is 0 Å². The lowest BCUT2D eigenvalue weighted by molar-refractivity contribution is -0.116. The van der Waals surface area contributed by atoms with Gasteiger partial charge < -0.3 is 19.5 Å². The molecule has 0 saturated carbocycles. The van der Waals surface area contributed by atoms with E-state index in [2.05, 4.69) is 21.2 Å². The van der Waals surface area contributed by atoms with Crippen molar-refractivity contribution in [3.63, 3.8) is 0 Å². The molecular formula is C20H22BrNO4. The Morgan fingerprint density at radius 1 is 1.15 bits per heavy atom. The Morgan fingerprint density at radius 3 is 2.73 bits per heavy atom. The average Bonchev–Trinajstić information content (AvgIpc) is 2.64. The number of hydrogen-bond donors (Lipinski definition) is 1. The zero-order valence-corrected chi connectivity index (χ0v) is 16.4. The fourth-order valence-electron chi connectivity index (χ4n) is 2.19. The Hall–Kier alpha value is -2.47. The molecule has 0 saturated heterocycles. The molecule has 0 unspecified atom stereocenters. The second-order valence-corrected chi connectivity index (χ2v) is 6.19. The zero-order chi connectivity index (χ0) is 18.8. The molecule has 138 valence electrons. The highest BCUT2D eigenvalue weighted by Gasteiger charge is 2.04. The highest BCUT2D eigenvalue weighted by molar-refractivity contribution is 9.10. The number of methoxy groups -OCH3 is 1. The summed E-state index contributed by atoms with van der Waals surface area (Å²) >= 11 is 3.38. The molecule has 2 aromatic carbocycles. The van der Waals surface area contributed by atoms with Gasteiger partial charge in [-0.15, -0.1) is 0 Å². The third-order valence-electron chi connectivity index (χ3n) is 3.38. The molecule has 1 N–H and O–H groups in total. The topological polar surface area (TPSA) is 56.8 Å². The summed E-state index contributed by atoms with van der Waals surface area (Å²) in [5, 5.41) is 2.78. The van der Waals surface area contributed by atoms with Crippen LogP contribution in [0.25, 0.3) is 6.08 Å². The second-order valence-electron chi connectivity index (χ2n) is 5.27. The van der Waals surface area contributed by atoms with Crippen molar-refractivity contribution in [2.24, 2.45) is 0 Å². The van der Waals surface area contributed by atoms with Crippen LogP contribution in [0.15, 0.2) is 53.0 Å². The summed E-state index contributed by atoms with van der Waals surface area (Å²) in [6.45, 7) is 3.29. The molecule has 0 radical (unpaired) electrons. The Labute approximate surface area is 162 Å². The van der Waals surface area contributed by atoms with Gasteiger partial charge in [-0.25, -0.2) is 0 Å². The van der Waals surface area contributed by atoms with E-state index in [1.807, 2.05) is 49.4 Å². The van der Waals surface area contributed by atoms with E-state index in [1.54, 1.807) is 13.2 Å². The molecule has 1 amide bonds. The van der Waals surface area contributed by atoms with Crippen LogP contribution in [0.2, 0.25) is 0 Å². The number of carbonyl (C=O) groups is 1. The standard InChI is InChI=1S/C20H22BrNO4/c1-3-25-18-9-7-15(13-19(18)24-2)8-10-20(23)22-11-12-26-17-6-4-5-16(21)14-17/h4-10,13-14H,3,11-12H2,1-2H3,(H,22,23)/b10-8+. The molecule has 0 spiro atoms. The van der Waals surface area contributed by atoms with Crippen molar-refractivity contribution < 1.29 is 19.0 Å². The van der Waals surface area contributed by atoms with E-state index in [4.69, 9.17) is 14.2 Å². The summed E-state index contributed by atoms with van der Waals surface area (Å²) < 4.78 is 17.3. The van der Waals surface area contributed by atoms with Gasteiger partial charge in [0, 0.05) is 10.5 Å². The van der Waals surface area contributed by atoms with Gasteiger partial charge in [0.05, 0.1) is 20.3 Å². The maximum absolute atomic E-state index is 11.9. The maximum Gasteiger partial charge on any atom is 0.244 e. The normalized spacial score (nSPS) is 10.6. The van der Waals surface area contributed by atoms with Gasteiger partial charge in [-0.1, -0.05) is 28.1 Å². The van der Waals surface area contributed by atoms with Gasteiger partial charge in [0.15, 0.2) is 11.5 Å². The first-order chi connectivity index (χ1) is 12.6. The highest BCUT2D eigenvalue weighted by Crippen LogP contribution is 2.28. The highest BCUT2D eigenvalue weighted by atomic mass is 79.9. The molecule has 0 atom stereocenters. The van der Waals surface area contributed by atoms with Crippen molar-refractivity contribution in [3.05, 3.63) is 58.6 Å². The zero-order valence-electron chi connectivity index (χ0n) is 14.8. The van der Waals surface area contributed by atoms with E-state index in [0.717, 1.165) is 15.8 Å². The first-order valence-corrected chi connectivity index (χ1v) is 9.06. The van der Waals surface area contributed by atoms with E-state index >= 15 is 0 Å². The first-order valence-electron chi connectivity index (χ1n) is 8.27. The molecule has 0 aliphatic heterocycles. The largest absolute Gasteiger partial charge is 0.493 e. The number of benzene rings is 2. The summed E-state index contributed by atoms with van der Waals surface area (Å²) in [6, 6.07) is 13.1. The van der Waals surface area contributed by atoms with Crippen molar-refractivity contribution in [3.8, 4) is 17.2 Å². The number of nitrogens with one attached hydrogen (secondary N) is 1. The van der Waals surface area contributed by atoms with Crippen LogP contribution in [0.3, 0.4) is 0 Å². The number of ether oxygens (including phenoxy) is 3. The van der Waals surface area contributed by atoms with Crippen LogP contribution in [-0.2, 0) is 4.79 Å². The van der Waals surface area contributed by atoms with E-state index in [-0.39, 0.29) is 5.91 Å². The number of halogens is 1. The van der Waals surface area contributed by atoms with Gasteiger partial charge in [0.2, 0.25) is 5.91 Å². The van der Waals surface area contributed by atoms with Crippen LogP contribution in [-0.4, -0.2) is 32.8 Å². The Kier molecular flexibility index (Phi) is 8.02. The van der Waals surface area contributed by atoms with Gasteiger partial charge in [-0.05, 0) is 48.9 Å². The SMILES string of the molecule is CCOc1ccc(/C=C/C(=O)NCCOc2cccc(Br)c2)cc1OC. The molecule has 0 aliphatic carbocycles. The lowest BCUT2D eigenvalue weighted by atomic mass is 10.2. The van der Waals surface area contributed by atoms with Crippen molar-refractivity contribution in [1.82, 2.24) is 5.32 Å². The third kappa shape index (κ3) is 6.44. The Morgan fingerprint density at radius 2 is 2.00 bits per heavy atom. The summed E-state index contributed by atoms with van der Waals surface area (Å²) in [5.74, 6) is 1.89. The van der Waals surface area contributed by atoms with Gasteiger partial charge in [0.1, 0.15) is 12.4 Å². The van der Waals surface area contributed by atoms with Crippen molar-refractivity contribution in [1.29, 1.82) is 0 Å². The quantitative estimate of drug-likeness (QED) is 0.491. The fourth-order valence-corrected chi connectivity index (χ4v) is 2.57. The molecule has 5 nitrogen and oxygen atoms in total. The van der Waals surface area contributed by atoms with Crippen molar-refractivity contribution in [2.45, 2.75) is 6.92 Å². The molecule has 2 aromatic rings. The lowest BCUT2D eigenvalue weighted by Gasteiger charge is -2.09. The predicted molar refractivity (Wildman–Crippen MR) is 106 cm³/mol. The Bertz CT molecular complexity index is 761. The number of amides is 1.